The van der Waals surface area contributed by atoms with Gasteiger partial charge >= 0.3 is 0 Å². The molecule has 0 aromatic carbocycles. The Morgan fingerprint density at radius 1 is 1.71 bits per heavy atom. The van der Waals surface area contributed by atoms with Crippen LogP contribution in [0.1, 0.15) is 6.92 Å². The first-order valence-electron chi connectivity index (χ1n) is 1.60. The molecule has 0 spiro atoms. The van der Waals surface area contributed by atoms with Crippen LogP contribution in [0.5, 0.6) is 0 Å². The lowest BCUT2D eigenvalue weighted by Crippen LogP contribution is -2.04. The van der Waals surface area contributed by atoms with Gasteiger partial charge in [0.1, 0.15) is 12.9 Å². The first-order valence-corrected chi connectivity index (χ1v) is 1.60. The summed E-state index contributed by atoms with van der Waals surface area (Å²) in [5.74, 6) is 0.442. The van der Waals surface area contributed by atoms with Crippen LogP contribution in [0.4, 0.5) is 0 Å². The predicted molar refractivity (Wildman–Crippen MR) is 31.6 cm³/mol. The lowest BCUT2D eigenvalue weighted by atomic mass is 10.7. The topological polar surface area (TPSA) is 47.6 Å². The van der Waals surface area contributed by atoms with Crippen molar-refractivity contribution in [2.24, 2.45) is 10.9 Å². The fourth-order valence-electron chi connectivity index (χ4n) is 0.144. The van der Waals surface area contributed by atoms with E-state index in [-0.39, 0.29) is 12.4 Å². The van der Waals surface area contributed by atoms with Gasteiger partial charge in [0, 0.05) is 0 Å². The molecule has 0 heterocycles. The van der Waals surface area contributed by atoms with Crippen LogP contribution in [-0.2, 0) is 4.84 Å². The van der Waals surface area contributed by atoms with E-state index in [4.69, 9.17) is 5.73 Å². The number of rotatable bonds is 1. The Bertz CT molecular complexity index is 60.0. The van der Waals surface area contributed by atoms with E-state index in [0.717, 1.165) is 0 Å². The summed E-state index contributed by atoms with van der Waals surface area (Å²) in [4.78, 5) is 4.27. The van der Waals surface area contributed by atoms with Crippen molar-refractivity contribution in [3.05, 3.63) is 0 Å². The maximum absolute atomic E-state index is 5.03. The molecule has 0 saturated heterocycles. The number of hydrogen-bond acceptors (Lipinski definition) is 2. The first kappa shape index (κ1) is 9.75. The quantitative estimate of drug-likeness (QED) is 0.312. The van der Waals surface area contributed by atoms with Crippen molar-refractivity contribution in [3.63, 3.8) is 0 Å². The van der Waals surface area contributed by atoms with Gasteiger partial charge in [0.2, 0.25) is 0 Å². The van der Waals surface area contributed by atoms with Crippen LogP contribution in [0, 0.1) is 0 Å². The van der Waals surface area contributed by atoms with Gasteiger partial charge in [-0.05, 0) is 6.92 Å². The number of nitrogens with two attached hydrogens (primary N) is 1. The minimum atomic E-state index is 0. The Morgan fingerprint density at radius 2 is 2.14 bits per heavy atom. The summed E-state index contributed by atoms with van der Waals surface area (Å²) in [6.07, 6.45) is 0. The number of hydrogen-bond donors (Lipinski definition) is 1. The van der Waals surface area contributed by atoms with Crippen molar-refractivity contribution < 1.29 is 4.84 Å². The molecule has 44 valence electrons. The molecule has 7 heavy (non-hydrogen) atoms. The molecule has 3 nitrogen and oxygen atoms in total. The number of oxime groups is 1. The molecule has 0 unspecified atom stereocenters. The van der Waals surface area contributed by atoms with E-state index in [9.17, 15) is 0 Å². The molecule has 0 rings (SSSR count). The molecular formula is C3H9ClN2O. The van der Waals surface area contributed by atoms with Gasteiger partial charge in [-0.25, -0.2) is 0 Å². The van der Waals surface area contributed by atoms with E-state index in [1.165, 1.54) is 7.11 Å². The van der Waals surface area contributed by atoms with Crippen molar-refractivity contribution in [1.82, 2.24) is 0 Å². The van der Waals surface area contributed by atoms with E-state index in [2.05, 4.69) is 9.99 Å². The van der Waals surface area contributed by atoms with Gasteiger partial charge in [0.15, 0.2) is 0 Å². The summed E-state index contributed by atoms with van der Waals surface area (Å²) in [5.41, 5.74) is 5.03. The van der Waals surface area contributed by atoms with Gasteiger partial charge in [0.25, 0.3) is 0 Å². The zero-order valence-corrected chi connectivity index (χ0v) is 5.16. The SMILES string of the molecule is CO/N=C(\C)N.Cl. The molecule has 0 amide bonds. The van der Waals surface area contributed by atoms with E-state index < -0.39 is 0 Å². The summed E-state index contributed by atoms with van der Waals surface area (Å²) in [7, 11) is 1.45. The van der Waals surface area contributed by atoms with Gasteiger partial charge in [0.05, 0.1) is 0 Å². The Labute approximate surface area is 48.9 Å². The molecule has 0 aliphatic rings. The Hall–Kier alpha value is -0.440. The highest BCUT2D eigenvalue weighted by atomic mass is 35.5. The standard InChI is InChI=1S/C3H8N2O.ClH/c1-3(4)5-6-2;/h1-2H3,(H2,4,5);1H. The Balaban J connectivity index is 0. The smallest absolute Gasteiger partial charge is 0.136 e. The minimum absolute atomic E-state index is 0. The monoisotopic (exact) mass is 124 g/mol. The maximum atomic E-state index is 5.03. The zero-order valence-electron chi connectivity index (χ0n) is 4.34. The third-order valence-electron chi connectivity index (χ3n) is 0.235. The Morgan fingerprint density at radius 3 is 2.14 bits per heavy atom. The lowest BCUT2D eigenvalue weighted by molar-refractivity contribution is 0.213. The summed E-state index contributed by atoms with van der Waals surface area (Å²) in [6.45, 7) is 1.66. The number of amidine groups is 1. The minimum Gasteiger partial charge on any atom is -0.398 e. The van der Waals surface area contributed by atoms with Crippen molar-refractivity contribution >= 4 is 18.2 Å². The lowest BCUT2D eigenvalue weighted by Gasteiger charge is -1.83. The molecule has 0 fully saturated rings. The van der Waals surface area contributed by atoms with Crippen LogP contribution in [-0.4, -0.2) is 12.9 Å². The molecule has 0 aromatic rings. The van der Waals surface area contributed by atoms with Gasteiger partial charge in [-0.3, -0.25) is 0 Å². The van der Waals surface area contributed by atoms with Crippen molar-refractivity contribution in [2.45, 2.75) is 6.92 Å². The van der Waals surface area contributed by atoms with Crippen LogP contribution in [0.15, 0.2) is 5.16 Å². The molecule has 2 N–H and O–H groups in total. The molecule has 0 bridgehead atoms. The number of nitrogens with zero attached hydrogens (tertiary/aromatic N) is 1. The zero-order chi connectivity index (χ0) is 4.99. The summed E-state index contributed by atoms with van der Waals surface area (Å²) in [6, 6.07) is 0. The molecule has 4 heteroatoms. The third kappa shape index (κ3) is 10.8. The molecule has 0 aliphatic heterocycles. The van der Waals surface area contributed by atoms with Crippen LogP contribution in [0.25, 0.3) is 0 Å². The van der Waals surface area contributed by atoms with E-state index in [1.54, 1.807) is 6.92 Å². The Kier molecular flexibility index (Phi) is 7.75. The summed E-state index contributed by atoms with van der Waals surface area (Å²) >= 11 is 0. The number of halogens is 1. The van der Waals surface area contributed by atoms with Gasteiger partial charge < -0.3 is 10.6 Å². The van der Waals surface area contributed by atoms with Crippen molar-refractivity contribution in [3.8, 4) is 0 Å². The van der Waals surface area contributed by atoms with Crippen LogP contribution >= 0.6 is 12.4 Å². The fraction of sp³-hybridized carbons (Fsp3) is 0.667. The van der Waals surface area contributed by atoms with E-state index in [1.807, 2.05) is 0 Å². The first-order chi connectivity index (χ1) is 2.77. The molecule has 0 aromatic heterocycles. The van der Waals surface area contributed by atoms with E-state index >= 15 is 0 Å². The second kappa shape index (κ2) is 5.56. The van der Waals surface area contributed by atoms with Gasteiger partial charge in [-0.1, -0.05) is 5.16 Å². The largest absolute Gasteiger partial charge is 0.398 e. The summed E-state index contributed by atoms with van der Waals surface area (Å²) in [5, 5.41) is 3.32. The molecule has 0 saturated carbocycles. The second-order valence-electron chi connectivity index (χ2n) is 0.915. The normalized spacial score (nSPS) is 9.71. The average Bonchev–Trinajstić information content (AvgIpc) is 1.35. The summed E-state index contributed by atoms with van der Waals surface area (Å²) < 4.78 is 0. The average molecular weight is 125 g/mol. The van der Waals surface area contributed by atoms with Crippen LogP contribution in [0.3, 0.4) is 0 Å². The molecule has 0 radical (unpaired) electrons. The van der Waals surface area contributed by atoms with Crippen molar-refractivity contribution in [2.75, 3.05) is 7.11 Å². The van der Waals surface area contributed by atoms with Gasteiger partial charge in [-0.15, -0.1) is 12.4 Å². The van der Waals surface area contributed by atoms with Gasteiger partial charge in [-0.2, -0.15) is 0 Å². The third-order valence-corrected chi connectivity index (χ3v) is 0.235. The second-order valence-corrected chi connectivity index (χ2v) is 0.915. The highest BCUT2D eigenvalue weighted by Crippen LogP contribution is 1.63. The predicted octanol–water partition coefficient (Wildman–Crippen LogP) is 0.347. The molecular weight excluding hydrogens is 115 g/mol. The van der Waals surface area contributed by atoms with Crippen LogP contribution < -0.4 is 5.73 Å². The highest BCUT2D eigenvalue weighted by Gasteiger charge is 1.68. The fourth-order valence-corrected chi connectivity index (χ4v) is 0.144. The van der Waals surface area contributed by atoms with Crippen LogP contribution in [0.2, 0.25) is 0 Å². The molecule has 0 atom stereocenters. The molecule has 0 aliphatic carbocycles. The van der Waals surface area contributed by atoms with E-state index in [0.29, 0.717) is 5.84 Å². The highest BCUT2D eigenvalue weighted by molar-refractivity contribution is 5.85. The maximum Gasteiger partial charge on any atom is 0.136 e. The van der Waals surface area contributed by atoms with Crippen molar-refractivity contribution in [1.29, 1.82) is 0 Å².